The highest BCUT2D eigenvalue weighted by Crippen LogP contribution is 2.44. The maximum absolute atomic E-state index is 14.0. The molecule has 2 fully saturated rings. The Balaban J connectivity index is 1.61. The van der Waals surface area contributed by atoms with E-state index in [1.807, 2.05) is 19.9 Å². The smallest absolute Gasteiger partial charge is 0.387 e. The molecule has 1 N–H and O–H groups in total. The SMILES string of the molecule is COC(=O)C1(CN2CCC(C(=O)Nc3ccc(Cl)cc3OC(F)F)(n3nccc3C(C)C)CC2)CCC1. The molecule has 2 aliphatic rings. The van der Waals surface area contributed by atoms with Gasteiger partial charge in [0, 0.05) is 42.6 Å². The molecule has 37 heavy (non-hydrogen) atoms. The van der Waals surface area contributed by atoms with Gasteiger partial charge >= 0.3 is 12.6 Å². The fourth-order valence-corrected chi connectivity index (χ4v) is 5.59. The van der Waals surface area contributed by atoms with Crippen molar-refractivity contribution in [3.05, 3.63) is 41.2 Å². The molecule has 11 heteroatoms. The van der Waals surface area contributed by atoms with Crippen molar-refractivity contribution < 1.29 is 27.8 Å². The second-order valence-corrected chi connectivity index (χ2v) is 10.7. The number of methoxy groups -OCH3 is 1. The lowest BCUT2D eigenvalue weighted by Gasteiger charge is -2.46. The number of anilines is 1. The number of benzene rings is 1. The molecular weight excluding hydrogens is 506 g/mol. The summed E-state index contributed by atoms with van der Waals surface area (Å²) in [5.74, 6) is -0.656. The first-order valence-electron chi connectivity index (χ1n) is 12.5. The van der Waals surface area contributed by atoms with Crippen molar-refractivity contribution in [3.63, 3.8) is 0 Å². The van der Waals surface area contributed by atoms with Gasteiger partial charge in [-0.25, -0.2) is 0 Å². The summed E-state index contributed by atoms with van der Waals surface area (Å²) in [7, 11) is 1.42. The van der Waals surface area contributed by atoms with Gasteiger partial charge in [-0.15, -0.1) is 0 Å². The molecule has 8 nitrogen and oxygen atoms in total. The number of aromatic nitrogens is 2. The van der Waals surface area contributed by atoms with Crippen LogP contribution in [0.3, 0.4) is 0 Å². The summed E-state index contributed by atoms with van der Waals surface area (Å²) >= 11 is 5.98. The maximum Gasteiger partial charge on any atom is 0.387 e. The van der Waals surface area contributed by atoms with Crippen LogP contribution in [0.1, 0.15) is 57.6 Å². The lowest BCUT2D eigenvalue weighted by atomic mass is 9.68. The zero-order chi connectivity index (χ0) is 26.8. The van der Waals surface area contributed by atoms with Crippen LogP contribution in [-0.2, 0) is 19.9 Å². The number of hydrogen-bond donors (Lipinski definition) is 1. The van der Waals surface area contributed by atoms with Crippen molar-refractivity contribution in [1.82, 2.24) is 14.7 Å². The third kappa shape index (κ3) is 5.45. The molecule has 1 saturated carbocycles. The van der Waals surface area contributed by atoms with E-state index in [9.17, 15) is 18.4 Å². The largest absolute Gasteiger partial charge is 0.469 e. The predicted molar refractivity (Wildman–Crippen MR) is 135 cm³/mol. The molecule has 1 saturated heterocycles. The summed E-state index contributed by atoms with van der Waals surface area (Å²) in [6, 6.07) is 6.09. The van der Waals surface area contributed by atoms with Crippen molar-refractivity contribution in [2.75, 3.05) is 32.1 Å². The van der Waals surface area contributed by atoms with E-state index in [4.69, 9.17) is 16.3 Å². The van der Waals surface area contributed by atoms with Crippen LogP contribution in [0.5, 0.6) is 5.75 Å². The molecule has 4 rings (SSSR count). The third-order valence-electron chi connectivity index (χ3n) is 7.64. The van der Waals surface area contributed by atoms with Crippen LogP contribution in [0.15, 0.2) is 30.5 Å². The number of hydrogen-bond acceptors (Lipinski definition) is 6. The van der Waals surface area contributed by atoms with Gasteiger partial charge in [0.1, 0.15) is 5.54 Å². The van der Waals surface area contributed by atoms with E-state index in [2.05, 4.69) is 20.1 Å². The average Bonchev–Trinajstić information content (AvgIpc) is 3.33. The van der Waals surface area contributed by atoms with Gasteiger partial charge in [-0.05, 0) is 49.8 Å². The Morgan fingerprint density at radius 2 is 1.86 bits per heavy atom. The van der Waals surface area contributed by atoms with Gasteiger partial charge in [-0.1, -0.05) is 31.9 Å². The molecule has 1 aromatic carbocycles. The number of rotatable bonds is 9. The summed E-state index contributed by atoms with van der Waals surface area (Å²) in [4.78, 5) is 28.6. The van der Waals surface area contributed by atoms with E-state index >= 15 is 0 Å². The minimum Gasteiger partial charge on any atom is -0.469 e. The molecule has 0 atom stereocenters. The molecule has 1 amide bonds. The Morgan fingerprint density at radius 1 is 1.16 bits per heavy atom. The summed E-state index contributed by atoms with van der Waals surface area (Å²) in [6.45, 7) is 2.68. The van der Waals surface area contributed by atoms with Crippen LogP contribution < -0.4 is 10.1 Å². The van der Waals surface area contributed by atoms with Gasteiger partial charge in [-0.3, -0.25) is 14.3 Å². The molecule has 202 valence electrons. The van der Waals surface area contributed by atoms with Gasteiger partial charge < -0.3 is 19.7 Å². The fourth-order valence-electron chi connectivity index (χ4n) is 5.43. The quantitative estimate of drug-likeness (QED) is 0.450. The van der Waals surface area contributed by atoms with E-state index in [1.54, 1.807) is 10.9 Å². The number of alkyl halides is 2. The highest BCUT2D eigenvalue weighted by atomic mass is 35.5. The van der Waals surface area contributed by atoms with Crippen molar-refractivity contribution >= 4 is 29.2 Å². The Bertz CT molecular complexity index is 1130. The number of carbonyl (C=O) groups excluding carboxylic acids is 2. The van der Waals surface area contributed by atoms with Crippen molar-refractivity contribution in [2.24, 2.45) is 5.41 Å². The summed E-state index contributed by atoms with van der Waals surface area (Å²) in [5.41, 5.74) is -0.543. The molecule has 2 aromatic rings. The number of nitrogens with one attached hydrogen (secondary N) is 1. The van der Waals surface area contributed by atoms with Crippen molar-refractivity contribution in [2.45, 2.75) is 64.0 Å². The first-order valence-corrected chi connectivity index (χ1v) is 12.9. The minimum absolute atomic E-state index is 0.105. The Hall–Kier alpha value is -2.72. The lowest BCUT2D eigenvalue weighted by molar-refractivity contribution is -0.161. The molecule has 0 bridgehead atoms. The van der Waals surface area contributed by atoms with E-state index in [0.717, 1.165) is 25.0 Å². The van der Waals surface area contributed by atoms with Crippen molar-refractivity contribution in [3.8, 4) is 5.75 Å². The van der Waals surface area contributed by atoms with E-state index < -0.39 is 17.6 Å². The van der Waals surface area contributed by atoms with E-state index in [0.29, 0.717) is 32.5 Å². The number of nitrogens with zero attached hydrogens (tertiary/aromatic N) is 3. The second kappa shape index (κ2) is 10.9. The second-order valence-electron chi connectivity index (χ2n) is 10.2. The average molecular weight is 539 g/mol. The molecule has 1 aliphatic heterocycles. The number of carbonyl (C=O) groups is 2. The molecule has 0 spiro atoms. The molecule has 0 radical (unpaired) electrons. The van der Waals surface area contributed by atoms with Gasteiger partial charge in [0.15, 0.2) is 5.75 Å². The van der Waals surface area contributed by atoms with Crippen LogP contribution in [0.2, 0.25) is 5.02 Å². The minimum atomic E-state index is -3.07. The fraction of sp³-hybridized carbons (Fsp3) is 0.577. The zero-order valence-electron chi connectivity index (χ0n) is 21.3. The summed E-state index contributed by atoms with van der Waals surface area (Å²) < 4.78 is 37.5. The summed E-state index contributed by atoms with van der Waals surface area (Å²) in [6.07, 6.45) is 5.10. The zero-order valence-corrected chi connectivity index (χ0v) is 22.1. The maximum atomic E-state index is 14.0. The molecule has 1 aromatic heterocycles. The number of piperidine rings is 1. The van der Waals surface area contributed by atoms with Crippen molar-refractivity contribution in [1.29, 1.82) is 0 Å². The summed E-state index contributed by atoms with van der Waals surface area (Å²) in [5, 5.41) is 7.56. The normalized spacial score (nSPS) is 18.9. The number of esters is 1. The first kappa shape index (κ1) is 27.3. The molecule has 1 aliphatic carbocycles. The Morgan fingerprint density at radius 3 is 2.43 bits per heavy atom. The number of amides is 1. The standard InChI is InChI=1S/C26H33ClF2N4O4/c1-17(2)20-7-12-30-33(20)26(22(34)31-19-6-5-18(27)15-21(19)37-24(28)29)10-13-32(14-11-26)16-25(8-4-9-25)23(35)36-3/h5-7,12,15,17,24H,4,8-11,13-14,16H2,1-3H3,(H,31,34). The van der Waals surface area contributed by atoms with Crippen LogP contribution in [0.25, 0.3) is 0 Å². The first-order chi connectivity index (χ1) is 17.6. The van der Waals surface area contributed by atoms with Crippen LogP contribution in [-0.4, -0.2) is 59.9 Å². The van der Waals surface area contributed by atoms with Crippen LogP contribution >= 0.6 is 11.6 Å². The monoisotopic (exact) mass is 538 g/mol. The molecule has 2 heterocycles. The molecular formula is C26H33ClF2N4O4. The lowest BCUT2D eigenvalue weighted by Crippen LogP contribution is -2.57. The highest BCUT2D eigenvalue weighted by molar-refractivity contribution is 6.30. The van der Waals surface area contributed by atoms with Crippen LogP contribution in [0, 0.1) is 5.41 Å². The topological polar surface area (TPSA) is 85.7 Å². The highest BCUT2D eigenvalue weighted by Gasteiger charge is 2.50. The van der Waals surface area contributed by atoms with Gasteiger partial charge in [-0.2, -0.15) is 13.9 Å². The van der Waals surface area contributed by atoms with Crippen LogP contribution in [0.4, 0.5) is 14.5 Å². The van der Waals surface area contributed by atoms with Gasteiger partial charge in [0.2, 0.25) is 0 Å². The van der Waals surface area contributed by atoms with Gasteiger partial charge in [0.25, 0.3) is 5.91 Å². The Kier molecular flexibility index (Phi) is 8.08. The predicted octanol–water partition coefficient (Wildman–Crippen LogP) is 5.03. The van der Waals surface area contributed by atoms with E-state index in [-0.39, 0.29) is 34.3 Å². The Labute approximate surface area is 220 Å². The molecule has 0 unspecified atom stereocenters. The van der Waals surface area contributed by atoms with E-state index in [1.165, 1.54) is 25.3 Å². The van der Waals surface area contributed by atoms with Gasteiger partial charge in [0.05, 0.1) is 18.2 Å². The number of ether oxygens (including phenoxy) is 2. The number of likely N-dealkylation sites (tertiary alicyclic amines) is 1. The number of halogens is 3. The third-order valence-corrected chi connectivity index (χ3v) is 7.87.